The van der Waals surface area contributed by atoms with E-state index < -0.39 is 0 Å². The van der Waals surface area contributed by atoms with Crippen molar-refractivity contribution in [2.75, 3.05) is 26.7 Å². The molecule has 1 fully saturated rings. The molecule has 222 valence electrons. The van der Waals surface area contributed by atoms with Gasteiger partial charge in [0.2, 0.25) is 0 Å². The van der Waals surface area contributed by atoms with E-state index in [4.69, 9.17) is 4.74 Å². The molecule has 1 aliphatic rings. The van der Waals surface area contributed by atoms with E-state index in [1.165, 1.54) is 154 Å². The summed E-state index contributed by atoms with van der Waals surface area (Å²) < 4.78 is 6.27. The lowest BCUT2D eigenvalue weighted by atomic mass is 9.87. The Labute approximate surface area is 234 Å². The molecule has 0 heterocycles. The van der Waals surface area contributed by atoms with Crippen molar-refractivity contribution in [2.24, 2.45) is 5.92 Å². The molecule has 1 saturated carbocycles. The largest absolute Gasteiger partial charge is 0.378 e. The predicted octanol–water partition coefficient (Wildman–Crippen LogP) is 9.92. The highest BCUT2D eigenvalue weighted by Gasteiger charge is 2.31. The Morgan fingerprint density at radius 3 is 1.76 bits per heavy atom. The van der Waals surface area contributed by atoms with Gasteiger partial charge in [-0.15, -0.1) is 0 Å². The first-order valence-electron chi connectivity index (χ1n) is 17.2. The lowest BCUT2D eigenvalue weighted by Crippen LogP contribution is -2.49. The normalized spacial score (nSPS) is 18.6. The smallest absolute Gasteiger partial charge is 0.0604 e. The molecule has 3 nitrogen and oxygen atoms in total. The first kappa shape index (κ1) is 34.9. The molecular formula is C34H70N2O. The number of ether oxygens (including phenoxy) is 1. The van der Waals surface area contributed by atoms with Crippen LogP contribution in [0, 0.1) is 5.92 Å². The Morgan fingerprint density at radius 2 is 1.16 bits per heavy atom. The quantitative estimate of drug-likeness (QED) is 0.103. The predicted molar refractivity (Wildman–Crippen MR) is 166 cm³/mol. The van der Waals surface area contributed by atoms with Gasteiger partial charge in [0, 0.05) is 31.8 Å². The van der Waals surface area contributed by atoms with Crippen LogP contribution in [0.15, 0.2) is 0 Å². The Bertz CT molecular complexity index is 453. The van der Waals surface area contributed by atoms with Crippen LogP contribution in [0.4, 0.5) is 0 Å². The summed E-state index contributed by atoms with van der Waals surface area (Å²) in [5, 5.41) is 4.00. The Kier molecular flexibility index (Phi) is 23.5. The number of hydrogen-bond donors (Lipinski definition) is 1. The fourth-order valence-electron chi connectivity index (χ4n) is 6.09. The van der Waals surface area contributed by atoms with Crippen LogP contribution < -0.4 is 5.32 Å². The highest BCUT2D eigenvalue weighted by atomic mass is 16.5. The fourth-order valence-corrected chi connectivity index (χ4v) is 6.09. The summed E-state index contributed by atoms with van der Waals surface area (Å²) in [5.41, 5.74) is 0. The average Bonchev–Trinajstić information content (AvgIpc) is 2.87. The van der Waals surface area contributed by atoms with E-state index in [9.17, 15) is 0 Å². The summed E-state index contributed by atoms with van der Waals surface area (Å²) in [7, 11) is 2.34. The van der Waals surface area contributed by atoms with Gasteiger partial charge in [-0.1, -0.05) is 124 Å². The summed E-state index contributed by atoms with van der Waals surface area (Å²) >= 11 is 0. The number of nitrogens with zero attached hydrogens (tertiary/aromatic N) is 1. The molecule has 0 aromatic heterocycles. The maximum absolute atomic E-state index is 6.27. The molecule has 1 rings (SSSR count). The van der Waals surface area contributed by atoms with Gasteiger partial charge in [-0.2, -0.15) is 0 Å². The van der Waals surface area contributed by atoms with Crippen molar-refractivity contribution in [3.8, 4) is 0 Å². The Balaban J connectivity index is 2.17. The fraction of sp³-hybridized carbons (Fsp3) is 1.00. The minimum absolute atomic E-state index is 0.504. The molecule has 1 N–H and O–H groups in total. The minimum atomic E-state index is 0.504. The van der Waals surface area contributed by atoms with E-state index in [1.807, 2.05) is 0 Å². The summed E-state index contributed by atoms with van der Waals surface area (Å²) in [4.78, 5) is 2.59. The second-order valence-electron chi connectivity index (χ2n) is 12.6. The van der Waals surface area contributed by atoms with Crippen LogP contribution in [0.3, 0.4) is 0 Å². The van der Waals surface area contributed by atoms with Gasteiger partial charge in [0.1, 0.15) is 0 Å². The van der Waals surface area contributed by atoms with Crippen LogP contribution in [0.2, 0.25) is 0 Å². The second-order valence-corrected chi connectivity index (χ2v) is 12.6. The van der Waals surface area contributed by atoms with Crippen LogP contribution in [0.5, 0.6) is 0 Å². The van der Waals surface area contributed by atoms with Crippen molar-refractivity contribution in [1.29, 1.82) is 0 Å². The number of nitrogens with one attached hydrogen (secondary N) is 1. The van der Waals surface area contributed by atoms with Gasteiger partial charge in [-0.3, -0.25) is 0 Å². The van der Waals surface area contributed by atoms with Crippen molar-refractivity contribution in [3.63, 3.8) is 0 Å². The van der Waals surface area contributed by atoms with Crippen LogP contribution in [-0.4, -0.2) is 49.8 Å². The monoisotopic (exact) mass is 523 g/mol. The van der Waals surface area contributed by atoms with Gasteiger partial charge in [-0.05, 0) is 57.9 Å². The summed E-state index contributed by atoms with van der Waals surface area (Å²) in [6.07, 6.45) is 30.6. The lowest BCUT2D eigenvalue weighted by Gasteiger charge is -2.38. The van der Waals surface area contributed by atoms with Crippen LogP contribution in [-0.2, 0) is 4.74 Å². The van der Waals surface area contributed by atoms with E-state index in [2.05, 4.69) is 45.0 Å². The SMILES string of the molecule is CCCCCCCC(CCCC)NC1CC(OCCCN(C)CC(CCCCCC)CCCCCC)C1. The molecule has 0 saturated heterocycles. The number of hydrogen-bond acceptors (Lipinski definition) is 3. The summed E-state index contributed by atoms with van der Waals surface area (Å²) in [5.74, 6) is 0.894. The first-order valence-corrected chi connectivity index (χ1v) is 17.2. The van der Waals surface area contributed by atoms with Crippen LogP contribution in [0.1, 0.15) is 169 Å². The van der Waals surface area contributed by atoms with E-state index in [-0.39, 0.29) is 0 Å². The number of rotatable bonds is 28. The van der Waals surface area contributed by atoms with Gasteiger partial charge < -0.3 is 15.0 Å². The molecule has 1 atom stereocenters. The van der Waals surface area contributed by atoms with Crippen molar-refractivity contribution < 1.29 is 4.74 Å². The molecule has 0 bridgehead atoms. The van der Waals surface area contributed by atoms with Gasteiger partial charge in [0.25, 0.3) is 0 Å². The third-order valence-electron chi connectivity index (χ3n) is 8.67. The van der Waals surface area contributed by atoms with E-state index >= 15 is 0 Å². The molecule has 0 aromatic carbocycles. The second kappa shape index (κ2) is 24.9. The zero-order valence-corrected chi connectivity index (χ0v) is 26.3. The van der Waals surface area contributed by atoms with Crippen LogP contribution in [0.25, 0.3) is 0 Å². The lowest BCUT2D eigenvalue weighted by molar-refractivity contribution is -0.0221. The van der Waals surface area contributed by atoms with E-state index in [0.717, 1.165) is 18.6 Å². The van der Waals surface area contributed by atoms with Gasteiger partial charge >= 0.3 is 0 Å². The summed E-state index contributed by atoms with van der Waals surface area (Å²) in [6, 6.07) is 1.43. The molecule has 3 heteroatoms. The highest BCUT2D eigenvalue weighted by Crippen LogP contribution is 2.26. The van der Waals surface area contributed by atoms with Gasteiger partial charge in [0.05, 0.1) is 6.10 Å². The minimum Gasteiger partial charge on any atom is -0.378 e. The summed E-state index contributed by atoms with van der Waals surface area (Å²) in [6.45, 7) is 12.7. The Morgan fingerprint density at radius 1 is 0.649 bits per heavy atom. The molecular weight excluding hydrogens is 452 g/mol. The first-order chi connectivity index (χ1) is 18.1. The maximum atomic E-state index is 6.27. The van der Waals surface area contributed by atoms with Crippen molar-refractivity contribution >= 4 is 0 Å². The molecule has 37 heavy (non-hydrogen) atoms. The number of unbranched alkanes of at least 4 members (excludes halogenated alkanes) is 11. The molecule has 1 unspecified atom stereocenters. The molecule has 0 spiro atoms. The molecule has 0 amide bonds. The molecule has 0 aliphatic heterocycles. The van der Waals surface area contributed by atoms with Crippen molar-refractivity contribution in [1.82, 2.24) is 10.2 Å². The van der Waals surface area contributed by atoms with Crippen molar-refractivity contribution in [2.45, 2.75) is 187 Å². The molecule has 0 radical (unpaired) electrons. The highest BCUT2D eigenvalue weighted by molar-refractivity contribution is 4.88. The van der Waals surface area contributed by atoms with Gasteiger partial charge in [-0.25, -0.2) is 0 Å². The standard InChI is InChI=1S/C34H70N2O/c1-6-10-14-17-20-25-32(24-13-9-4)35-33-28-34(29-33)37-27-21-26-36(5)30-31(22-18-15-11-7-2)23-19-16-12-8-3/h31-35H,6-30H2,1-5H3. The third kappa shape index (κ3) is 19.6. The van der Waals surface area contributed by atoms with E-state index in [0.29, 0.717) is 12.1 Å². The maximum Gasteiger partial charge on any atom is 0.0604 e. The zero-order valence-electron chi connectivity index (χ0n) is 26.3. The van der Waals surface area contributed by atoms with E-state index in [1.54, 1.807) is 0 Å². The molecule has 1 aliphatic carbocycles. The molecule has 0 aromatic rings. The third-order valence-corrected chi connectivity index (χ3v) is 8.67. The Hall–Kier alpha value is -0.120. The average molecular weight is 523 g/mol. The topological polar surface area (TPSA) is 24.5 Å². The van der Waals surface area contributed by atoms with Crippen LogP contribution >= 0.6 is 0 Å². The van der Waals surface area contributed by atoms with Gasteiger partial charge in [0.15, 0.2) is 0 Å². The zero-order chi connectivity index (χ0) is 27.0. The van der Waals surface area contributed by atoms with Crippen molar-refractivity contribution in [3.05, 3.63) is 0 Å².